The van der Waals surface area contributed by atoms with Crippen LogP contribution in [0.4, 0.5) is 0 Å². The molecule has 2 atom stereocenters. The summed E-state index contributed by atoms with van der Waals surface area (Å²) in [5.41, 5.74) is 0. The summed E-state index contributed by atoms with van der Waals surface area (Å²) in [6.45, 7) is 4.95. The molecule has 0 aliphatic carbocycles. The zero-order valence-corrected chi connectivity index (χ0v) is 47.1. The molecular weight excluding hydrogens is 851 g/mol. The fourth-order valence-electron chi connectivity index (χ4n) is 10.3. The van der Waals surface area contributed by atoms with E-state index < -0.39 is 12.1 Å². The van der Waals surface area contributed by atoms with Crippen LogP contribution in [-0.2, 0) is 14.3 Å². The lowest BCUT2D eigenvalue weighted by atomic mass is 10.0. The summed E-state index contributed by atoms with van der Waals surface area (Å²) in [5, 5.41) is 23.4. The molecule has 0 heterocycles. The Morgan fingerprint density at radius 2 is 0.594 bits per heavy atom. The van der Waals surface area contributed by atoms with Crippen LogP contribution in [-0.4, -0.2) is 47.4 Å². The number of nitrogens with one attached hydrogen (secondary N) is 1. The van der Waals surface area contributed by atoms with Crippen molar-refractivity contribution >= 4 is 11.9 Å². The zero-order chi connectivity index (χ0) is 50.0. The van der Waals surface area contributed by atoms with E-state index in [1.807, 2.05) is 0 Å². The molecule has 69 heavy (non-hydrogen) atoms. The Morgan fingerprint density at radius 3 is 0.884 bits per heavy atom. The summed E-state index contributed by atoms with van der Waals surface area (Å²) < 4.78 is 5.48. The molecule has 0 spiro atoms. The smallest absolute Gasteiger partial charge is 0.305 e. The molecule has 0 aromatic rings. The largest absolute Gasteiger partial charge is 0.466 e. The van der Waals surface area contributed by atoms with Crippen LogP contribution in [0.25, 0.3) is 0 Å². The standard InChI is InChI=1S/C63H125NO5/c1-3-5-7-9-11-13-15-17-19-21-23-24-25-26-27-28-29-31-33-35-39-43-47-51-55-61(66)60(59-65)64-62(67)56-52-48-44-40-37-38-42-46-50-54-58-69-63(68)57-53-49-45-41-36-34-32-30-22-20-18-16-14-12-10-8-6-4-2/h60-61,65-66H,3-59H2,1-2H3,(H,64,67). The zero-order valence-electron chi connectivity index (χ0n) is 47.1. The molecular formula is C63H125NO5. The minimum absolute atomic E-state index is 0.0125. The van der Waals surface area contributed by atoms with Crippen LogP contribution in [0.15, 0.2) is 0 Å². The second-order valence-electron chi connectivity index (χ2n) is 22.1. The molecule has 0 fully saturated rings. The summed E-state index contributed by atoms with van der Waals surface area (Å²) in [4.78, 5) is 24.6. The van der Waals surface area contributed by atoms with E-state index >= 15 is 0 Å². The van der Waals surface area contributed by atoms with Gasteiger partial charge in [-0.2, -0.15) is 0 Å². The number of carbonyl (C=O) groups excluding carboxylic acids is 2. The van der Waals surface area contributed by atoms with Crippen molar-refractivity contribution in [2.75, 3.05) is 13.2 Å². The quantitative estimate of drug-likeness (QED) is 0.0417. The monoisotopic (exact) mass is 976 g/mol. The fraction of sp³-hybridized carbons (Fsp3) is 0.968. The van der Waals surface area contributed by atoms with Crippen molar-refractivity contribution < 1.29 is 24.5 Å². The number of unbranched alkanes of at least 4 members (excludes halogenated alkanes) is 49. The summed E-state index contributed by atoms with van der Waals surface area (Å²) in [6, 6.07) is -0.558. The van der Waals surface area contributed by atoms with E-state index in [9.17, 15) is 19.8 Å². The number of hydrogen-bond donors (Lipinski definition) is 3. The third kappa shape index (κ3) is 56.0. The van der Waals surface area contributed by atoms with E-state index in [0.717, 1.165) is 57.8 Å². The van der Waals surface area contributed by atoms with Gasteiger partial charge in [-0.05, 0) is 25.7 Å². The Kier molecular flexibility index (Phi) is 58.4. The number of carbonyl (C=O) groups is 2. The maximum absolute atomic E-state index is 12.5. The van der Waals surface area contributed by atoms with Crippen molar-refractivity contribution in [1.82, 2.24) is 5.32 Å². The number of amides is 1. The average molecular weight is 977 g/mol. The first-order valence-electron chi connectivity index (χ1n) is 31.8. The molecule has 0 rings (SSSR count). The average Bonchev–Trinajstić information content (AvgIpc) is 3.35. The number of rotatable bonds is 60. The van der Waals surface area contributed by atoms with E-state index in [2.05, 4.69) is 19.2 Å². The van der Waals surface area contributed by atoms with Crippen molar-refractivity contribution in [3.8, 4) is 0 Å². The number of esters is 1. The third-order valence-electron chi connectivity index (χ3n) is 15.2. The van der Waals surface area contributed by atoms with Crippen LogP contribution in [0.2, 0.25) is 0 Å². The van der Waals surface area contributed by atoms with E-state index in [-0.39, 0.29) is 18.5 Å². The van der Waals surface area contributed by atoms with Crippen LogP contribution >= 0.6 is 0 Å². The Morgan fingerprint density at radius 1 is 0.348 bits per heavy atom. The van der Waals surface area contributed by atoms with Crippen LogP contribution in [0, 0.1) is 0 Å². The molecule has 0 saturated heterocycles. The van der Waals surface area contributed by atoms with Crippen LogP contribution in [0.1, 0.15) is 367 Å². The SMILES string of the molecule is CCCCCCCCCCCCCCCCCCCCCCCCCCC(O)C(CO)NC(=O)CCCCCCCCCCCCOC(=O)CCCCCCCCCCCCCCCCCCCC. The molecule has 0 aliphatic rings. The molecule has 0 bridgehead atoms. The van der Waals surface area contributed by atoms with Gasteiger partial charge in [-0.3, -0.25) is 9.59 Å². The van der Waals surface area contributed by atoms with Crippen molar-refractivity contribution in [2.24, 2.45) is 0 Å². The van der Waals surface area contributed by atoms with E-state index in [4.69, 9.17) is 4.74 Å². The van der Waals surface area contributed by atoms with Crippen LogP contribution in [0.3, 0.4) is 0 Å². The molecule has 3 N–H and O–H groups in total. The lowest BCUT2D eigenvalue weighted by Gasteiger charge is -2.22. The van der Waals surface area contributed by atoms with Gasteiger partial charge < -0.3 is 20.3 Å². The van der Waals surface area contributed by atoms with Gasteiger partial charge in [0.15, 0.2) is 0 Å². The van der Waals surface area contributed by atoms with Gasteiger partial charge in [0, 0.05) is 12.8 Å². The normalized spacial score (nSPS) is 12.5. The Labute approximate surface area is 432 Å². The first kappa shape index (κ1) is 67.9. The molecule has 0 aromatic heterocycles. The fourth-order valence-corrected chi connectivity index (χ4v) is 10.3. The highest BCUT2D eigenvalue weighted by molar-refractivity contribution is 5.76. The third-order valence-corrected chi connectivity index (χ3v) is 15.2. The molecule has 0 saturated carbocycles. The minimum atomic E-state index is -0.679. The van der Waals surface area contributed by atoms with Gasteiger partial charge in [-0.1, -0.05) is 328 Å². The molecule has 0 radical (unpaired) electrons. The molecule has 0 aliphatic heterocycles. The summed E-state index contributed by atoms with van der Waals surface area (Å²) >= 11 is 0. The Bertz CT molecular complexity index is 990. The van der Waals surface area contributed by atoms with Crippen molar-refractivity contribution in [3.05, 3.63) is 0 Å². The second-order valence-corrected chi connectivity index (χ2v) is 22.1. The van der Waals surface area contributed by atoms with Gasteiger partial charge in [-0.15, -0.1) is 0 Å². The van der Waals surface area contributed by atoms with Crippen molar-refractivity contribution in [3.63, 3.8) is 0 Å². The van der Waals surface area contributed by atoms with Gasteiger partial charge in [0.25, 0.3) is 0 Å². The lowest BCUT2D eigenvalue weighted by molar-refractivity contribution is -0.143. The van der Waals surface area contributed by atoms with Gasteiger partial charge >= 0.3 is 5.97 Å². The Balaban J connectivity index is 3.43. The van der Waals surface area contributed by atoms with Gasteiger partial charge in [0.1, 0.15) is 0 Å². The minimum Gasteiger partial charge on any atom is -0.466 e. The maximum Gasteiger partial charge on any atom is 0.305 e. The number of hydrogen-bond acceptors (Lipinski definition) is 5. The van der Waals surface area contributed by atoms with Crippen LogP contribution in [0.5, 0.6) is 0 Å². The Hall–Kier alpha value is -1.14. The van der Waals surface area contributed by atoms with Gasteiger partial charge in [0.05, 0.1) is 25.4 Å². The highest BCUT2D eigenvalue weighted by atomic mass is 16.5. The van der Waals surface area contributed by atoms with E-state index in [0.29, 0.717) is 25.9 Å². The molecule has 6 heteroatoms. The van der Waals surface area contributed by atoms with Crippen molar-refractivity contribution in [2.45, 2.75) is 379 Å². The highest BCUT2D eigenvalue weighted by Crippen LogP contribution is 2.19. The van der Waals surface area contributed by atoms with E-state index in [1.54, 1.807) is 0 Å². The van der Waals surface area contributed by atoms with E-state index in [1.165, 1.54) is 276 Å². The maximum atomic E-state index is 12.5. The summed E-state index contributed by atoms with van der Waals surface area (Å²) in [7, 11) is 0. The second kappa shape index (κ2) is 59.4. The predicted octanol–water partition coefficient (Wildman–Crippen LogP) is 19.9. The molecule has 2 unspecified atom stereocenters. The molecule has 412 valence electrons. The number of aliphatic hydroxyl groups excluding tert-OH is 2. The lowest BCUT2D eigenvalue weighted by Crippen LogP contribution is -2.45. The summed E-state index contributed by atoms with van der Waals surface area (Å²) in [6.07, 6.45) is 69.7. The first-order valence-corrected chi connectivity index (χ1v) is 31.8. The molecule has 6 nitrogen and oxygen atoms in total. The molecule has 1 amide bonds. The van der Waals surface area contributed by atoms with Crippen molar-refractivity contribution in [1.29, 1.82) is 0 Å². The predicted molar refractivity (Wildman–Crippen MR) is 301 cm³/mol. The van der Waals surface area contributed by atoms with Crippen LogP contribution < -0.4 is 5.32 Å². The first-order chi connectivity index (χ1) is 34.0. The summed E-state index contributed by atoms with van der Waals surface area (Å²) in [5.74, 6) is -0.0644. The molecule has 0 aromatic carbocycles. The topological polar surface area (TPSA) is 95.9 Å². The van der Waals surface area contributed by atoms with Gasteiger partial charge in [-0.25, -0.2) is 0 Å². The number of ether oxygens (including phenoxy) is 1. The highest BCUT2D eigenvalue weighted by Gasteiger charge is 2.20. The van der Waals surface area contributed by atoms with Gasteiger partial charge in [0.2, 0.25) is 5.91 Å². The number of aliphatic hydroxyl groups is 2.